The zero-order chi connectivity index (χ0) is 15.1. The lowest BCUT2D eigenvalue weighted by molar-refractivity contribution is -0.393. The molecule has 0 fully saturated rings. The number of nitro groups is 2. The summed E-state index contributed by atoms with van der Waals surface area (Å²) in [7, 11) is 0. The number of rotatable bonds is 8. The van der Waals surface area contributed by atoms with Gasteiger partial charge in [-0.2, -0.15) is 0 Å². The first-order valence-electron chi connectivity index (χ1n) is 6.65. The number of nitro benzene ring substituents is 2. The van der Waals surface area contributed by atoms with Gasteiger partial charge in [0.25, 0.3) is 11.4 Å². The molecular formula is C13H19N3O4. The third-order valence-corrected chi connectivity index (χ3v) is 3.03. The zero-order valence-electron chi connectivity index (χ0n) is 11.7. The van der Waals surface area contributed by atoms with Crippen LogP contribution < -0.4 is 5.32 Å². The van der Waals surface area contributed by atoms with Gasteiger partial charge in [0.15, 0.2) is 0 Å². The third kappa shape index (κ3) is 4.49. The summed E-state index contributed by atoms with van der Waals surface area (Å²) >= 11 is 0. The minimum absolute atomic E-state index is 0.0849. The van der Waals surface area contributed by atoms with Crippen molar-refractivity contribution in [1.82, 2.24) is 0 Å². The largest absolute Gasteiger partial charge is 0.377 e. The number of nitrogens with one attached hydrogen (secondary N) is 1. The maximum atomic E-state index is 11.0. The zero-order valence-corrected chi connectivity index (χ0v) is 11.7. The van der Waals surface area contributed by atoms with Gasteiger partial charge in [0.05, 0.1) is 15.9 Å². The molecule has 7 nitrogen and oxygen atoms in total. The summed E-state index contributed by atoms with van der Waals surface area (Å²) in [5.41, 5.74) is -0.216. The first-order valence-corrected chi connectivity index (χ1v) is 6.65. The van der Waals surface area contributed by atoms with Gasteiger partial charge < -0.3 is 5.32 Å². The van der Waals surface area contributed by atoms with Crippen molar-refractivity contribution in [3.05, 3.63) is 38.4 Å². The van der Waals surface area contributed by atoms with Crippen LogP contribution in [0.3, 0.4) is 0 Å². The van der Waals surface area contributed by atoms with Gasteiger partial charge in [0, 0.05) is 12.1 Å². The Morgan fingerprint density at radius 3 is 2.45 bits per heavy atom. The number of unbranched alkanes of at least 4 members (excludes halogenated alkanes) is 2. The van der Waals surface area contributed by atoms with E-state index in [0.717, 1.165) is 31.7 Å². The Labute approximate surface area is 117 Å². The molecular weight excluding hydrogens is 262 g/mol. The number of anilines is 1. The SMILES string of the molecule is CCCCCC(C)Nc1ccc([N+](=O)[O-])cc1[N+](=O)[O-]. The summed E-state index contributed by atoms with van der Waals surface area (Å²) in [4.78, 5) is 20.4. The fourth-order valence-corrected chi connectivity index (χ4v) is 1.94. The van der Waals surface area contributed by atoms with Gasteiger partial charge >= 0.3 is 0 Å². The number of nitrogens with zero attached hydrogens (tertiary/aromatic N) is 2. The summed E-state index contributed by atoms with van der Waals surface area (Å²) < 4.78 is 0. The summed E-state index contributed by atoms with van der Waals surface area (Å²) in [5, 5.41) is 24.7. The van der Waals surface area contributed by atoms with Crippen LogP contribution in [0, 0.1) is 20.2 Å². The summed E-state index contributed by atoms with van der Waals surface area (Å²) in [6.45, 7) is 4.06. The molecule has 0 spiro atoms. The molecule has 1 N–H and O–H groups in total. The predicted octanol–water partition coefficient (Wildman–Crippen LogP) is 3.88. The lowest BCUT2D eigenvalue weighted by Gasteiger charge is -2.14. The van der Waals surface area contributed by atoms with Crippen LogP contribution in [-0.2, 0) is 0 Å². The Kier molecular flexibility index (Phi) is 5.89. The highest BCUT2D eigenvalue weighted by molar-refractivity contribution is 5.65. The maximum Gasteiger partial charge on any atom is 0.299 e. The van der Waals surface area contributed by atoms with Gasteiger partial charge in [-0.15, -0.1) is 0 Å². The van der Waals surface area contributed by atoms with Gasteiger partial charge in [-0.05, 0) is 19.4 Å². The van der Waals surface area contributed by atoms with Crippen molar-refractivity contribution < 1.29 is 9.85 Å². The highest BCUT2D eigenvalue weighted by Crippen LogP contribution is 2.29. The molecule has 1 atom stereocenters. The standard InChI is InChI=1S/C13H19N3O4/c1-3-4-5-6-10(2)14-12-8-7-11(15(17)18)9-13(12)16(19)20/h7-10,14H,3-6H2,1-2H3. The number of non-ortho nitro benzene ring substituents is 1. The van der Waals surface area contributed by atoms with E-state index >= 15 is 0 Å². The van der Waals surface area contributed by atoms with Crippen molar-refractivity contribution >= 4 is 17.1 Å². The minimum atomic E-state index is -0.637. The summed E-state index contributed by atoms with van der Waals surface area (Å²) in [5.74, 6) is 0. The molecule has 0 bridgehead atoms. The number of hydrogen-bond donors (Lipinski definition) is 1. The smallest absolute Gasteiger partial charge is 0.299 e. The molecule has 1 unspecified atom stereocenters. The molecule has 1 aromatic carbocycles. The van der Waals surface area contributed by atoms with Gasteiger partial charge in [0.2, 0.25) is 0 Å². The van der Waals surface area contributed by atoms with Crippen LogP contribution in [0.4, 0.5) is 17.1 Å². The monoisotopic (exact) mass is 281 g/mol. The Morgan fingerprint density at radius 2 is 1.90 bits per heavy atom. The van der Waals surface area contributed by atoms with Crippen LogP contribution in [-0.4, -0.2) is 15.9 Å². The van der Waals surface area contributed by atoms with Gasteiger partial charge in [-0.1, -0.05) is 26.2 Å². The van der Waals surface area contributed by atoms with Crippen molar-refractivity contribution in [3.8, 4) is 0 Å². The normalized spacial score (nSPS) is 11.9. The fourth-order valence-electron chi connectivity index (χ4n) is 1.94. The van der Waals surface area contributed by atoms with E-state index in [4.69, 9.17) is 0 Å². The number of benzene rings is 1. The summed E-state index contributed by atoms with van der Waals surface area (Å²) in [6, 6.07) is 3.74. The third-order valence-electron chi connectivity index (χ3n) is 3.03. The van der Waals surface area contributed by atoms with Crippen molar-refractivity contribution in [3.63, 3.8) is 0 Å². The maximum absolute atomic E-state index is 11.0. The minimum Gasteiger partial charge on any atom is -0.377 e. The van der Waals surface area contributed by atoms with Crippen molar-refractivity contribution in [2.24, 2.45) is 0 Å². The van der Waals surface area contributed by atoms with Crippen LogP contribution >= 0.6 is 0 Å². The van der Waals surface area contributed by atoms with E-state index in [0.29, 0.717) is 5.69 Å². The molecule has 0 aliphatic heterocycles. The average molecular weight is 281 g/mol. The van der Waals surface area contributed by atoms with E-state index in [-0.39, 0.29) is 17.4 Å². The molecule has 0 radical (unpaired) electrons. The molecule has 0 saturated carbocycles. The topological polar surface area (TPSA) is 98.3 Å². The Hall–Kier alpha value is -2.18. The van der Waals surface area contributed by atoms with Crippen LogP contribution in [0.1, 0.15) is 39.5 Å². The van der Waals surface area contributed by atoms with Crippen LogP contribution in [0.25, 0.3) is 0 Å². The van der Waals surface area contributed by atoms with E-state index in [2.05, 4.69) is 12.2 Å². The van der Waals surface area contributed by atoms with E-state index in [1.807, 2.05) is 6.92 Å². The van der Waals surface area contributed by atoms with E-state index in [1.165, 1.54) is 12.1 Å². The summed E-state index contributed by atoms with van der Waals surface area (Å²) in [6.07, 6.45) is 4.19. The van der Waals surface area contributed by atoms with Crippen LogP contribution in [0.15, 0.2) is 18.2 Å². The Morgan fingerprint density at radius 1 is 1.20 bits per heavy atom. The second kappa shape index (κ2) is 7.42. The van der Waals surface area contributed by atoms with Gasteiger partial charge in [-0.25, -0.2) is 0 Å². The van der Waals surface area contributed by atoms with Gasteiger partial charge in [-0.3, -0.25) is 20.2 Å². The molecule has 0 aromatic heterocycles. The highest BCUT2D eigenvalue weighted by Gasteiger charge is 2.20. The molecule has 110 valence electrons. The Bertz CT molecular complexity index is 491. The number of hydrogen-bond acceptors (Lipinski definition) is 5. The van der Waals surface area contributed by atoms with E-state index in [1.54, 1.807) is 0 Å². The average Bonchev–Trinajstić information content (AvgIpc) is 2.38. The highest BCUT2D eigenvalue weighted by atomic mass is 16.6. The Balaban J connectivity index is 2.83. The van der Waals surface area contributed by atoms with Crippen molar-refractivity contribution in [2.45, 2.75) is 45.6 Å². The van der Waals surface area contributed by atoms with Crippen LogP contribution in [0.5, 0.6) is 0 Å². The van der Waals surface area contributed by atoms with Crippen molar-refractivity contribution in [2.75, 3.05) is 5.32 Å². The molecule has 0 saturated heterocycles. The van der Waals surface area contributed by atoms with E-state index in [9.17, 15) is 20.2 Å². The lowest BCUT2D eigenvalue weighted by Crippen LogP contribution is -2.16. The molecule has 7 heteroatoms. The van der Waals surface area contributed by atoms with Crippen LogP contribution in [0.2, 0.25) is 0 Å². The fraction of sp³-hybridized carbons (Fsp3) is 0.538. The molecule has 1 aromatic rings. The molecule has 20 heavy (non-hydrogen) atoms. The van der Waals surface area contributed by atoms with E-state index < -0.39 is 9.85 Å². The molecule has 0 aliphatic carbocycles. The first-order chi connectivity index (χ1) is 9.45. The lowest BCUT2D eigenvalue weighted by atomic mass is 10.1. The molecule has 1 rings (SSSR count). The molecule has 0 amide bonds. The molecule has 0 heterocycles. The quantitative estimate of drug-likeness (QED) is 0.443. The second-order valence-electron chi connectivity index (χ2n) is 4.76. The first kappa shape index (κ1) is 15.9. The van der Waals surface area contributed by atoms with Crippen molar-refractivity contribution in [1.29, 1.82) is 0 Å². The predicted molar refractivity (Wildman–Crippen MR) is 77.0 cm³/mol. The second-order valence-corrected chi connectivity index (χ2v) is 4.76. The van der Waals surface area contributed by atoms with Gasteiger partial charge in [0.1, 0.15) is 5.69 Å². The molecule has 0 aliphatic rings.